The van der Waals surface area contributed by atoms with Gasteiger partial charge in [-0.3, -0.25) is 9.11 Å². The van der Waals surface area contributed by atoms with E-state index < -0.39 is 25.7 Å². The summed E-state index contributed by atoms with van der Waals surface area (Å²) in [4.78, 5) is 2.03. The lowest BCUT2D eigenvalue weighted by molar-refractivity contribution is -0.0510. The third-order valence-corrected chi connectivity index (χ3v) is 3.66. The third kappa shape index (κ3) is 9.76. The molecule has 0 saturated heterocycles. The van der Waals surface area contributed by atoms with Gasteiger partial charge >= 0.3 is 15.6 Å². The topological polar surface area (TPSA) is 112 Å². The summed E-state index contributed by atoms with van der Waals surface area (Å²) in [5.41, 5.74) is -4.29. The van der Waals surface area contributed by atoms with Crippen LogP contribution in [0.2, 0.25) is 0 Å². The summed E-state index contributed by atoms with van der Waals surface area (Å²) < 4.78 is 87.0. The van der Waals surface area contributed by atoms with Crippen LogP contribution in [-0.4, -0.2) is 55.2 Å². The maximum absolute atomic E-state index is 10.7. The predicted molar refractivity (Wildman–Crippen MR) is 73.1 cm³/mol. The molecule has 1 aliphatic heterocycles. The first-order valence-corrected chi connectivity index (χ1v) is 8.84. The molecule has 0 aliphatic carbocycles. The van der Waals surface area contributed by atoms with E-state index >= 15 is 0 Å². The van der Waals surface area contributed by atoms with Crippen LogP contribution in [0.4, 0.5) is 13.2 Å². The van der Waals surface area contributed by atoms with Crippen LogP contribution in [0.1, 0.15) is 13.3 Å². The van der Waals surface area contributed by atoms with Gasteiger partial charge in [0.1, 0.15) is 0 Å². The Hall–Kier alpha value is -1.11. The summed E-state index contributed by atoms with van der Waals surface area (Å²) in [7, 11) is -9.64. The first kappa shape index (κ1) is 20.9. The van der Waals surface area contributed by atoms with Crippen molar-refractivity contribution in [2.45, 2.75) is 18.9 Å². The largest absolute Gasteiger partial charge is 0.522 e. The van der Waals surface area contributed by atoms with Crippen molar-refractivity contribution in [2.24, 2.45) is 0 Å². The Morgan fingerprint density at radius 2 is 1.73 bits per heavy atom. The molecule has 130 valence electrons. The van der Waals surface area contributed by atoms with Crippen molar-refractivity contribution in [3.05, 3.63) is 23.9 Å². The number of rotatable bonds is 4. The molecule has 1 heterocycles. The summed E-state index contributed by atoms with van der Waals surface area (Å²) in [6.07, 6.45) is 6.35. The SMILES string of the molecule is CC1=CC=CN(CCCS(=O)(=O)O)C1.O=S(=O)(O)C(F)(F)F. The Morgan fingerprint density at radius 1 is 1.23 bits per heavy atom. The van der Waals surface area contributed by atoms with Gasteiger partial charge in [-0.2, -0.15) is 30.0 Å². The second kappa shape index (κ2) is 7.94. The van der Waals surface area contributed by atoms with Crippen LogP contribution in [0, 0.1) is 0 Å². The third-order valence-electron chi connectivity index (χ3n) is 2.27. The zero-order valence-electron chi connectivity index (χ0n) is 11.5. The molecule has 2 N–H and O–H groups in total. The number of halogens is 3. The van der Waals surface area contributed by atoms with Crippen LogP contribution < -0.4 is 0 Å². The number of alkyl halides is 3. The fraction of sp³-hybridized carbons (Fsp3) is 0.600. The average Bonchev–Trinajstić information content (AvgIpc) is 2.25. The Kier molecular flexibility index (Phi) is 7.54. The van der Waals surface area contributed by atoms with E-state index in [0.717, 1.165) is 6.54 Å². The molecule has 0 unspecified atom stereocenters. The highest BCUT2D eigenvalue weighted by Crippen LogP contribution is 2.20. The molecule has 0 amide bonds. The van der Waals surface area contributed by atoms with Crippen molar-refractivity contribution in [1.82, 2.24) is 4.90 Å². The molecule has 1 rings (SSSR count). The van der Waals surface area contributed by atoms with E-state index in [1.165, 1.54) is 5.57 Å². The zero-order valence-corrected chi connectivity index (χ0v) is 13.1. The Labute approximate surface area is 126 Å². The number of nitrogens with zero attached hydrogens (tertiary/aromatic N) is 1. The van der Waals surface area contributed by atoms with Gasteiger partial charge in [0.15, 0.2) is 0 Å². The van der Waals surface area contributed by atoms with Gasteiger partial charge in [-0.05, 0) is 25.6 Å². The van der Waals surface area contributed by atoms with Crippen molar-refractivity contribution in [3.8, 4) is 0 Å². The highest BCUT2D eigenvalue weighted by Gasteiger charge is 2.44. The summed E-state index contributed by atoms with van der Waals surface area (Å²) in [5, 5.41) is 0. The van der Waals surface area contributed by atoms with Crippen molar-refractivity contribution in [2.75, 3.05) is 18.8 Å². The molecule has 0 saturated carbocycles. The molecule has 0 radical (unpaired) electrons. The molecular weight excluding hydrogens is 351 g/mol. The second-order valence-corrected chi connectivity index (χ2v) is 7.37. The average molecular weight is 367 g/mol. The van der Waals surface area contributed by atoms with Gasteiger partial charge in [-0.25, -0.2) is 0 Å². The van der Waals surface area contributed by atoms with E-state index in [9.17, 15) is 21.6 Å². The van der Waals surface area contributed by atoms with Crippen LogP contribution in [-0.2, 0) is 20.2 Å². The van der Waals surface area contributed by atoms with E-state index in [4.69, 9.17) is 17.5 Å². The van der Waals surface area contributed by atoms with Crippen molar-refractivity contribution < 1.29 is 39.1 Å². The molecule has 0 aromatic heterocycles. The number of hydrogen-bond donors (Lipinski definition) is 2. The standard InChI is InChI=1S/C9H15NO3S.CHF3O3S/c1-9-4-2-5-10(8-9)6-3-7-14(11,12)13;2-1(3,4)8(5,6)7/h2,4-5H,3,6-8H2,1H3,(H,11,12,13);(H,5,6,7). The summed E-state index contributed by atoms with van der Waals surface area (Å²) in [6, 6.07) is 0. The minimum Gasteiger partial charge on any atom is -0.373 e. The number of allylic oxidation sites excluding steroid dienone is 2. The fourth-order valence-electron chi connectivity index (χ4n) is 1.36. The van der Waals surface area contributed by atoms with Gasteiger partial charge in [-0.1, -0.05) is 11.6 Å². The van der Waals surface area contributed by atoms with Gasteiger partial charge in [0.2, 0.25) is 0 Å². The molecule has 12 heteroatoms. The van der Waals surface area contributed by atoms with Gasteiger partial charge in [0, 0.05) is 13.1 Å². The lowest BCUT2D eigenvalue weighted by atomic mass is 10.2. The molecule has 22 heavy (non-hydrogen) atoms. The van der Waals surface area contributed by atoms with Crippen LogP contribution in [0.15, 0.2) is 23.9 Å². The van der Waals surface area contributed by atoms with E-state index in [2.05, 4.69) is 0 Å². The van der Waals surface area contributed by atoms with Crippen molar-refractivity contribution >= 4 is 20.2 Å². The molecular formula is C10H16F3NO6S2. The van der Waals surface area contributed by atoms with Gasteiger partial charge < -0.3 is 4.90 Å². The summed E-state index contributed by atoms with van der Waals surface area (Å²) >= 11 is 0. The minimum atomic E-state index is -5.84. The molecule has 1 aliphatic rings. The second-order valence-electron chi connectivity index (χ2n) is 4.39. The quantitative estimate of drug-likeness (QED) is 0.571. The molecule has 0 fully saturated rings. The minimum absolute atomic E-state index is 0.167. The maximum Gasteiger partial charge on any atom is 0.522 e. The lowest BCUT2D eigenvalue weighted by Crippen LogP contribution is -2.24. The first-order chi connectivity index (χ1) is 9.72. The lowest BCUT2D eigenvalue weighted by Gasteiger charge is -2.22. The smallest absolute Gasteiger partial charge is 0.373 e. The Balaban J connectivity index is 0.000000472. The van der Waals surface area contributed by atoms with E-state index in [0.29, 0.717) is 13.0 Å². The van der Waals surface area contributed by atoms with E-state index in [1.54, 1.807) is 0 Å². The highest BCUT2D eigenvalue weighted by atomic mass is 32.2. The predicted octanol–water partition coefficient (Wildman–Crippen LogP) is 1.43. The van der Waals surface area contributed by atoms with Gasteiger partial charge in [0.05, 0.1) is 5.75 Å². The molecule has 0 aromatic carbocycles. The van der Waals surface area contributed by atoms with Crippen LogP contribution in [0.5, 0.6) is 0 Å². The fourth-order valence-corrected chi connectivity index (χ4v) is 1.85. The van der Waals surface area contributed by atoms with Crippen molar-refractivity contribution in [1.29, 1.82) is 0 Å². The number of hydrogen-bond acceptors (Lipinski definition) is 5. The molecule has 0 bridgehead atoms. The van der Waals surface area contributed by atoms with Crippen LogP contribution >= 0.6 is 0 Å². The maximum atomic E-state index is 10.7. The molecule has 0 atom stereocenters. The summed E-state index contributed by atoms with van der Waals surface area (Å²) in [6.45, 7) is 3.52. The zero-order chi connectivity index (χ0) is 17.6. The van der Waals surface area contributed by atoms with E-state index in [-0.39, 0.29) is 5.75 Å². The van der Waals surface area contributed by atoms with E-state index in [1.807, 2.05) is 30.2 Å². The first-order valence-electron chi connectivity index (χ1n) is 5.79. The van der Waals surface area contributed by atoms with Gasteiger partial charge in [-0.15, -0.1) is 0 Å². The molecule has 0 spiro atoms. The van der Waals surface area contributed by atoms with Crippen LogP contribution in [0.3, 0.4) is 0 Å². The van der Waals surface area contributed by atoms with Gasteiger partial charge in [0.25, 0.3) is 10.1 Å². The molecule has 0 aromatic rings. The Morgan fingerprint density at radius 3 is 2.09 bits per heavy atom. The van der Waals surface area contributed by atoms with Crippen LogP contribution in [0.25, 0.3) is 0 Å². The highest BCUT2D eigenvalue weighted by molar-refractivity contribution is 7.86. The Bertz CT molecular complexity index is 622. The monoisotopic (exact) mass is 367 g/mol. The summed E-state index contributed by atoms with van der Waals surface area (Å²) in [5.74, 6) is -0.167. The normalized spacial score (nSPS) is 15.9. The molecule has 7 nitrogen and oxygen atoms in total. The van der Waals surface area contributed by atoms with Crippen molar-refractivity contribution in [3.63, 3.8) is 0 Å².